The molecule has 1 aliphatic heterocycles. The molecule has 28 heavy (non-hydrogen) atoms. The van der Waals surface area contributed by atoms with Gasteiger partial charge in [0, 0.05) is 13.1 Å². The molecule has 1 amide bonds. The smallest absolute Gasteiger partial charge is 0.466 e. The van der Waals surface area contributed by atoms with Gasteiger partial charge in [0.25, 0.3) is 5.91 Å². The minimum atomic E-state index is -1.56. The standard InChI is InChI=1S/C17H23N3O8/c1-5-6-19-7-8-20-12(14(19)22)13(11(21)9-18-20)26-10-27-16(24)28-17(2,3)15(23)25-4/h9H,5-8,10H2,1-4H3. The average Bonchev–Trinajstić information content (AvgIpc) is 2.64. The zero-order chi connectivity index (χ0) is 20.9. The predicted molar refractivity (Wildman–Crippen MR) is 93.8 cm³/mol. The molecule has 0 aliphatic carbocycles. The van der Waals surface area contributed by atoms with E-state index >= 15 is 0 Å². The van der Waals surface area contributed by atoms with Crippen LogP contribution < -0.4 is 10.2 Å². The molecule has 11 nitrogen and oxygen atoms in total. The van der Waals surface area contributed by atoms with Gasteiger partial charge in [-0.25, -0.2) is 9.59 Å². The fraction of sp³-hybridized carbons (Fsp3) is 0.588. The molecule has 0 saturated heterocycles. The number of rotatable bonds is 7. The molecule has 1 aliphatic rings. The van der Waals surface area contributed by atoms with Crippen LogP contribution in [0, 0.1) is 0 Å². The Labute approximate surface area is 161 Å². The second kappa shape index (κ2) is 8.72. The summed E-state index contributed by atoms with van der Waals surface area (Å²) in [6.45, 7) is 5.32. The van der Waals surface area contributed by atoms with Gasteiger partial charge < -0.3 is 23.8 Å². The Kier molecular flexibility index (Phi) is 6.60. The van der Waals surface area contributed by atoms with Gasteiger partial charge in [-0.05, 0) is 20.3 Å². The summed E-state index contributed by atoms with van der Waals surface area (Å²) in [4.78, 5) is 49.6. The van der Waals surface area contributed by atoms with E-state index in [0.29, 0.717) is 19.6 Å². The third kappa shape index (κ3) is 4.59. The lowest BCUT2D eigenvalue weighted by atomic mass is 10.1. The van der Waals surface area contributed by atoms with Crippen molar-refractivity contribution in [1.82, 2.24) is 14.7 Å². The number of methoxy groups -OCH3 is 1. The summed E-state index contributed by atoms with van der Waals surface area (Å²) in [5.41, 5.74) is -2.18. The molecule has 1 aromatic heterocycles. The number of hydrogen-bond acceptors (Lipinski definition) is 9. The molecule has 0 spiro atoms. The van der Waals surface area contributed by atoms with Crippen LogP contribution in [0.1, 0.15) is 37.7 Å². The molecule has 2 heterocycles. The van der Waals surface area contributed by atoms with Crippen LogP contribution in [-0.4, -0.2) is 65.3 Å². The zero-order valence-electron chi connectivity index (χ0n) is 16.2. The lowest BCUT2D eigenvalue weighted by Gasteiger charge is -2.29. The maximum atomic E-state index is 12.6. The number of carbonyl (C=O) groups is 3. The van der Waals surface area contributed by atoms with Crippen molar-refractivity contribution in [3.63, 3.8) is 0 Å². The van der Waals surface area contributed by atoms with E-state index in [1.807, 2.05) is 6.92 Å². The van der Waals surface area contributed by atoms with E-state index in [1.54, 1.807) is 4.90 Å². The first-order chi connectivity index (χ1) is 13.2. The topological polar surface area (TPSA) is 126 Å². The van der Waals surface area contributed by atoms with E-state index < -0.39 is 29.9 Å². The molecule has 0 atom stereocenters. The normalized spacial score (nSPS) is 13.6. The number of esters is 1. The third-order valence-electron chi connectivity index (χ3n) is 3.97. The molecule has 0 unspecified atom stereocenters. The summed E-state index contributed by atoms with van der Waals surface area (Å²) in [7, 11) is 1.15. The Morgan fingerprint density at radius 1 is 1.25 bits per heavy atom. The average molecular weight is 397 g/mol. The van der Waals surface area contributed by atoms with Crippen molar-refractivity contribution in [2.24, 2.45) is 0 Å². The van der Waals surface area contributed by atoms with Crippen LogP contribution in [0.5, 0.6) is 5.75 Å². The number of fused-ring (bicyclic) bond motifs is 1. The molecule has 0 aromatic carbocycles. The van der Waals surface area contributed by atoms with Crippen LogP contribution in [-0.2, 0) is 25.5 Å². The SMILES string of the molecule is CCCN1CCn2ncc(=O)c(OCOC(=O)OC(C)(C)C(=O)OC)c2C1=O. The molecule has 11 heteroatoms. The van der Waals surface area contributed by atoms with Gasteiger partial charge in [0.05, 0.1) is 19.9 Å². The Morgan fingerprint density at radius 3 is 2.61 bits per heavy atom. The summed E-state index contributed by atoms with van der Waals surface area (Å²) in [6, 6.07) is 0. The van der Waals surface area contributed by atoms with Crippen molar-refractivity contribution >= 4 is 18.0 Å². The first-order valence-electron chi connectivity index (χ1n) is 8.67. The van der Waals surface area contributed by atoms with Gasteiger partial charge in [-0.2, -0.15) is 5.10 Å². The van der Waals surface area contributed by atoms with Crippen LogP contribution in [0.4, 0.5) is 4.79 Å². The molecular weight excluding hydrogens is 374 g/mol. The first-order valence-corrected chi connectivity index (χ1v) is 8.67. The Morgan fingerprint density at radius 2 is 1.96 bits per heavy atom. The molecular formula is C17H23N3O8. The second-order valence-corrected chi connectivity index (χ2v) is 6.46. The van der Waals surface area contributed by atoms with Crippen molar-refractivity contribution in [3.8, 4) is 5.75 Å². The first kappa shape index (κ1) is 21.2. The van der Waals surface area contributed by atoms with Crippen LogP contribution in [0.3, 0.4) is 0 Å². The molecule has 0 N–H and O–H groups in total. The van der Waals surface area contributed by atoms with E-state index in [1.165, 1.54) is 18.5 Å². The maximum absolute atomic E-state index is 12.6. The highest BCUT2D eigenvalue weighted by atomic mass is 16.8. The Hall–Kier alpha value is -3.11. The van der Waals surface area contributed by atoms with Gasteiger partial charge in [-0.15, -0.1) is 0 Å². The summed E-state index contributed by atoms with van der Waals surface area (Å²) >= 11 is 0. The van der Waals surface area contributed by atoms with Gasteiger partial charge in [-0.1, -0.05) is 6.92 Å². The Balaban J connectivity index is 2.08. The van der Waals surface area contributed by atoms with Gasteiger partial charge in [0.1, 0.15) is 0 Å². The predicted octanol–water partition coefficient (Wildman–Crippen LogP) is 0.550. The molecule has 2 rings (SSSR count). The lowest BCUT2D eigenvalue weighted by Crippen LogP contribution is -2.43. The van der Waals surface area contributed by atoms with Crippen molar-refractivity contribution < 1.29 is 33.3 Å². The summed E-state index contributed by atoms with van der Waals surface area (Å²) in [5.74, 6) is -1.42. The molecule has 0 bridgehead atoms. The minimum Gasteiger partial charge on any atom is -0.466 e. The summed E-state index contributed by atoms with van der Waals surface area (Å²) in [6.07, 6.45) is 0.592. The van der Waals surface area contributed by atoms with E-state index in [9.17, 15) is 19.2 Å². The van der Waals surface area contributed by atoms with Crippen molar-refractivity contribution in [1.29, 1.82) is 0 Å². The third-order valence-corrected chi connectivity index (χ3v) is 3.97. The quantitative estimate of drug-likeness (QED) is 0.479. The van der Waals surface area contributed by atoms with Crippen LogP contribution in [0.15, 0.2) is 11.0 Å². The van der Waals surface area contributed by atoms with E-state index in [-0.39, 0.29) is 17.4 Å². The van der Waals surface area contributed by atoms with Crippen molar-refractivity contribution in [2.45, 2.75) is 39.3 Å². The Bertz CT molecular complexity index is 817. The number of nitrogens with zero attached hydrogens (tertiary/aromatic N) is 3. The van der Waals surface area contributed by atoms with Gasteiger partial charge >= 0.3 is 12.1 Å². The molecule has 0 fully saturated rings. The van der Waals surface area contributed by atoms with Gasteiger partial charge in [-0.3, -0.25) is 14.3 Å². The fourth-order valence-electron chi connectivity index (χ4n) is 2.60. The number of carbonyl (C=O) groups excluding carboxylic acids is 3. The monoisotopic (exact) mass is 397 g/mol. The largest absolute Gasteiger partial charge is 0.512 e. The second-order valence-electron chi connectivity index (χ2n) is 6.46. The van der Waals surface area contributed by atoms with Crippen LogP contribution in [0.2, 0.25) is 0 Å². The van der Waals surface area contributed by atoms with E-state index in [0.717, 1.165) is 19.7 Å². The molecule has 154 valence electrons. The lowest BCUT2D eigenvalue weighted by molar-refractivity contribution is -0.161. The molecule has 1 aromatic rings. The van der Waals surface area contributed by atoms with Crippen LogP contribution in [0.25, 0.3) is 0 Å². The van der Waals surface area contributed by atoms with E-state index in [4.69, 9.17) is 14.2 Å². The summed E-state index contributed by atoms with van der Waals surface area (Å²) in [5, 5.41) is 3.94. The highest BCUT2D eigenvalue weighted by Crippen LogP contribution is 2.19. The highest BCUT2D eigenvalue weighted by molar-refractivity contribution is 5.95. The van der Waals surface area contributed by atoms with Gasteiger partial charge in [0.2, 0.25) is 23.6 Å². The molecule has 0 radical (unpaired) electrons. The molecule has 0 saturated carbocycles. The zero-order valence-corrected chi connectivity index (χ0v) is 16.2. The fourth-order valence-corrected chi connectivity index (χ4v) is 2.60. The van der Waals surface area contributed by atoms with Crippen molar-refractivity contribution in [3.05, 3.63) is 22.1 Å². The maximum Gasteiger partial charge on any atom is 0.512 e. The number of ether oxygens (including phenoxy) is 4. The van der Waals surface area contributed by atoms with Crippen LogP contribution >= 0.6 is 0 Å². The summed E-state index contributed by atoms with van der Waals surface area (Å²) < 4.78 is 20.7. The van der Waals surface area contributed by atoms with E-state index in [2.05, 4.69) is 9.84 Å². The number of hydrogen-bond donors (Lipinski definition) is 0. The van der Waals surface area contributed by atoms with Gasteiger partial charge in [0.15, 0.2) is 5.69 Å². The van der Waals surface area contributed by atoms with Crippen molar-refractivity contribution in [2.75, 3.05) is 27.0 Å². The minimum absolute atomic E-state index is 0.000872. The highest BCUT2D eigenvalue weighted by Gasteiger charge is 2.34. The number of aromatic nitrogens is 2. The number of amides is 1.